The van der Waals surface area contributed by atoms with Gasteiger partial charge in [0.15, 0.2) is 9.84 Å². The van der Waals surface area contributed by atoms with E-state index >= 15 is 0 Å². The van der Waals surface area contributed by atoms with Gasteiger partial charge in [0.1, 0.15) is 16.8 Å². The summed E-state index contributed by atoms with van der Waals surface area (Å²) in [7, 11) is -2.56. The molecule has 0 heterocycles. The molecule has 0 bridgehead atoms. The molecular weight excluding hydrogens is 439 g/mol. The van der Waals surface area contributed by atoms with E-state index in [2.05, 4.69) is 10.6 Å². The number of hydrogen-bond acceptors (Lipinski definition) is 5. The maximum absolute atomic E-state index is 12.6. The number of nitrogens with one attached hydrogen (secondary N) is 2. The molecular formula is C19H20Cl2N2O5S. The molecule has 29 heavy (non-hydrogen) atoms. The van der Waals surface area contributed by atoms with Crippen LogP contribution in [0.15, 0.2) is 42.5 Å². The normalized spacial score (nSPS) is 12.1. The van der Waals surface area contributed by atoms with Crippen LogP contribution in [-0.4, -0.2) is 38.3 Å². The van der Waals surface area contributed by atoms with Crippen molar-refractivity contribution in [1.82, 2.24) is 0 Å². The van der Waals surface area contributed by atoms with Crippen LogP contribution in [0, 0.1) is 0 Å². The van der Waals surface area contributed by atoms with E-state index in [4.69, 9.17) is 27.9 Å². The van der Waals surface area contributed by atoms with Crippen molar-refractivity contribution in [3.05, 3.63) is 52.5 Å². The first-order chi connectivity index (χ1) is 13.7. The SMILES string of the molecule is CCC(C(=O)Nc1ccc(Cl)cc1Cl)S(=O)(=O)CC(=O)Nc1ccc(OC)cc1. The second kappa shape index (κ2) is 9.96. The van der Waals surface area contributed by atoms with Crippen molar-refractivity contribution >= 4 is 56.2 Å². The van der Waals surface area contributed by atoms with Crippen LogP contribution >= 0.6 is 23.2 Å². The van der Waals surface area contributed by atoms with Crippen molar-refractivity contribution in [3.8, 4) is 5.75 Å². The van der Waals surface area contributed by atoms with Crippen LogP contribution < -0.4 is 15.4 Å². The molecule has 2 aromatic carbocycles. The number of hydrogen-bond donors (Lipinski definition) is 2. The Hall–Kier alpha value is -2.29. The Kier molecular flexibility index (Phi) is 7.89. The number of sulfone groups is 1. The lowest BCUT2D eigenvalue weighted by Crippen LogP contribution is -2.39. The van der Waals surface area contributed by atoms with Gasteiger partial charge < -0.3 is 15.4 Å². The minimum atomic E-state index is -4.06. The van der Waals surface area contributed by atoms with Gasteiger partial charge in [0.2, 0.25) is 11.8 Å². The molecule has 1 atom stereocenters. The van der Waals surface area contributed by atoms with E-state index in [1.807, 2.05) is 0 Å². The summed E-state index contributed by atoms with van der Waals surface area (Å²) in [5.41, 5.74) is 0.647. The van der Waals surface area contributed by atoms with Gasteiger partial charge in [0.25, 0.3) is 0 Å². The number of carbonyl (C=O) groups excluding carboxylic acids is 2. The molecule has 2 amide bonds. The number of amides is 2. The van der Waals surface area contributed by atoms with Gasteiger partial charge in [-0.3, -0.25) is 9.59 Å². The summed E-state index contributed by atoms with van der Waals surface area (Å²) in [6.45, 7) is 1.55. The lowest BCUT2D eigenvalue weighted by Gasteiger charge is -2.16. The highest BCUT2D eigenvalue weighted by molar-refractivity contribution is 7.93. The highest BCUT2D eigenvalue weighted by Gasteiger charge is 2.33. The van der Waals surface area contributed by atoms with E-state index in [-0.39, 0.29) is 17.1 Å². The second-order valence-electron chi connectivity index (χ2n) is 6.09. The summed E-state index contributed by atoms with van der Waals surface area (Å²) < 4.78 is 30.3. The Balaban J connectivity index is 2.07. The fourth-order valence-corrected chi connectivity index (χ4v) is 4.55. The molecule has 156 valence electrons. The molecule has 0 aliphatic carbocycles. The molecule has 1 unspecified atom stereocenters. The monoisotopic (exact) mass is 458 g/mol. The van der Waals surface area contributed by atoms with E-state index in [0.29, 0.717) is 16.5 Å². The van der Waals surface area contributed by atoms with Gasteiger partial charge in [-0.15, -0.1) is 0 Å². The molecule has 2 N–H and O–H groups in total. The fourth-order valence-electron chi connectivity index (χ4n) is 2.56. The van der Waals surface area contributed by atoms with Crippen LogP contribution in [0.1, 0.15) is 13.3 Å². The maximum Gasteiger partial charge on any atom is 0.242 e. The van der Waals surface area contributed by atoms with Gasteiger partial charge in [-0.05, 0) is 48.9 Å². The van der Waals surface area contributed by atoms with Gasteiger partial charge in [-0.1, -0.05) is 30.1 Å². The molecule has 0 saturated heterocycles. The molecule has 0 radical (unpaired) electrons. The molecule has 0 aromatic heterocycles. The Bertz CT molecular complexity index is 994. The quantitative estimate of drug-likeness (QED) is 0.626. The molecule has 0 spiro atoms. The number of carbonyl (C=O) groups is 2. The lowest BCUT2D eigenvalue weighted by atomic mass is 10.2. The Morgan fingerprint density at radius 1 is 1.07 bits per heavy atom. The Morgan fingerprint density at radius 2 is 1.72 bits per heavy atom. The largest absolute Gasteiger partial charge is 0.497 e. The number of rotatable bonds is 8. The lowest BCUT2D eigenvalue weighted by molar-refractivity contribution is -0.115. The molecule has 7 nitrogen and oxygen atoms in total. The first kappa shape index (κ1) is 23.0. The number of halogens is 2. The van der Waals surface area contributed by atoms with Crippen LogP contribution in [0.4, 0.5) is 11.4 Å². The number of benzene rings is 2. The fraction of sp³-hybridized carbons (Fsp3) is 0.263. The standard InChI is InChI=1S/C19H20Cl2N2O5S/c1-3-17(19(25)23-16-9-4-12(20)10-15(16)21)29(26,27)11-18(24)22-13-5-7-14(28-2)8-6-13/h4-10,17H,3,11H2,1-2H3,(H,22,24)(H,23,25). The van der Waals surface area contributed by atoms with Crippen molar-refractivity contribution in [1.29, 1.82) is 0 Å². The predicted octanol–water partition coefficient (Wildman–Crippen LogP) is 3.77. The Labute approximate surface area is 179 Å². The van der Waals surface area contributed by atoms with E-state index in [1.54, 1.807) is 31.2 Å². The predicted molar refractivity (Wildman–Crippen MR) is 115 cm³/mol. The highest BCUT2D eigenvalue weighted by Crippen LogP contribution is 2.26. The van der Waals surface area contributed by atoms with Gasteiger partial charge in [-0.25, -0.2) is 8.42 Å². The smallest absolute Gasteiger partial charge is 0.242 e. The Morgan fingerprint density at radius 3 is 2.28 bits per heavy atom. The minimum Gasteiger partial charge on any atom is -0.497 e. The van der Waals surface area contributed by atoms with Crippen LogP contribution in [0.3, 0.4) is 0 Å². The maximum atomic E-state index is 12.6. The minimum absolute atomic E-state index is 0.00477. The van der Waals surface area contributed by atoms with Crippen molar-refractivity contribution in [2.24, 2.45) is 0 Å². The number of anilines is 2. The zero-order valence-corrected chi connectivity index (χ0v) is 18.1. The third-order valence-corrected chi connectivity index (χ3v) is 6.62. The van der Waals surface area contributed by atoms with E-state index in [0.717, 1.165) is 0 Å². The average Bonchev–Trinajstić information content (AvgIpc) is 2.64. The average molecular weight is 459 g/mol. The number of ether oxygens (including phenoxy) is 1. The first-order valence-electron chi connectivity index (χ1n) is 8.57. The third kappa shape index (κ3) is 6.35. The van der Waals surface area contributed by atoms with Crippen molar-refractivity contribution in [2.75, 3.05) is 23.5 Å². The van der Waals surface area contributed by atoms with Gasteiger partial charge in [0, 0.05) is 10.7 Å². The van der Waals surface area contributed by atoms with Crippen LogP contribution in [0.25, 0.3) is 0 Å². The van der Waals surface area contributed by atoms with Crippen LogP contribution in [-0.2, 0) is 19.4 Å². The molecule has 0 fully saturated rings. The molecule has 0 aliphatic heterocycles. The third-order valence-electron chi connectivity index (χ3n) is 3.99. The van der Waals surface area contributed by atoms with E-state index < -0.39 is 32.7 Å². The molecule has 2 rings (SSSR count). The molecule has 0 aliphatic rings. The van der Waals surface area contributed by atoms with E-state index in [9.17, 15) is 18.0 Å². The first-order valence-corrected chi connectivity index (χ1v) is 11.0. The summed E-state index contributed by atoms with van der Waals surface area (Å²) in [4.78, 5) is 24.7. The van der Waals surface area contributed by atoms with Crippen molar-refractivity contribution in [2.45, 2.75) is 18.6 Å². The summed E-state index contributed by atoms with van der Waals surface area (Å²) >= 11 is 11.8. The van der Waals surface area contributed by atoms with E-state index in [1.165, 1.54) is 25.3 Å². The highest BCUT2D eigenvalue weighted by atomic mass is 35.5. The second-order valence-corrected chi connectivity index (χ2v) is 9.12. The van der Waals surface area contributed by atoms with Crippen LogP contribution in [0.5, 0.6) is 5.75 Å². The van der Waals surface area contributed by atoms with Crippen molar-refractivity contribution in [3.63, 3.8) is 0 Å². The summed E-state index contributed by atoms with van der Waals surface area (Å²) in [5.74, 6) is -1.75. The topological polar surface area (TPSA) is 102 Å². The van der Waals surface area contributed by atoms with Crippen molar-refractivity contribution < 1.29 is 22.7 Å². The van der Waals surface area contributed by atoms with Gasteiger partial charge in [0.05, 0.1) is 17.8 Å². The van der Waals surface area contributed by atoms with Gasteiger partial charge >= 0.3 is 0 Å². The molecule has 0 saturated carbocycles. The summed E-state index contributed by atoms with van der Waals surface area (Å²) in [6.07, 6.45) is -0.00477. The van der Waals surface area contributed by atoms with Gasteiger partial charge in [-0.2, -0.15) is 0 Å². The summed E-state index contributed by atoms with van der Waals surface area (Å²) in [5, 5.41) is 4.11. The van der Waals surface area contributed by atoms with Crippen LogP contribution in [0.2, 0.25) is 10.0 Å². The summed E-state index contributed by atoms with van der Waals surface area (Å²) in [6, 6.07) is 10.8. The molecule has 2 aromatic rings. The zero-order chi connectivity index (χ0) is 21.6. The number of methoxy groups -OCH3 is 1. The zero-order valence-electron chi connectivity index (χ0n) is 15.7. The molecule has 10 heteroatoms.